The highest BCUT2D eigenvalue weighted by Gasteiger charge is 2.18. The monoisotopic (exact) mass is 356 g/mol. The molecule has 1 aliphatic heterocycles. The first-order valence-corrected chi connectivity index (χ1v) is 8.98. The lowest BCUT2D eigenvalue weighted by molar-refractivity contribution is 0.0674. The van der Waals surface area contributed by atoms with Crippen LogP contribution < -0.4 is 10.1 Å². The molecule has 0 bridgehead atoms. The molecule has 1 saturated heterocycles. The Kier molecular flexibility index (Phi) is 6.25. The van der Waals surface area contributed by atoms with Crippen molar-refractivity contribution in [1.29, 1.82) is 0 Å². The quantitative estimate of drug-likeness (QED) is 0.832. The standard InChI is InChI=1S/C20H24N2O2S/c1-23-18-9-7-16(8-10-18)15-19(17-5-3-2-4-6-17)21-20(25)22-11-13-24-14-12-22/h2-10,19H,11-15H2,1H3,(H,21,25). The second kappa shape index (κ2) is 8.83. The van der Waals surface area contributed by atoms with Crippen molar-refractivity contribution in [2.75, 3.05) is 33.4 Å². The van der Waals surface area contributed by atoms with Crippen molar-refractivity contribution in [1.82, 2.24) is 10.2 Å². The Labute approximate surface area is 154 Å². The molecule has 1 atom stereocenters. The number of nitrogens with one attached hydrogen (secondary N) is 1. The zero-order valence-electron chi connectivity index (χ0n) is 14.5. The van der Waals surface area contributed by atoms with Gasteiger partial charge in [0.2, 0.25) is 0 Å². The topological polar surface area (TPSA) is 33.7 Å². The molecule has 1 N–H and O–H groups in total. The van der Waals surface area contributed by atoms with E-state index in [1.807, 2.05) is 18.2 Å². The van der Waals surface area contributed by atoms with Crippen LogP contribution in [0.2, 0.25) is 0 Å². The molecular formula is C20H24N2O2S. The fourth-order valence-corrected chi connectivity index (χ4v) is 3.27. The first-order valence-electron chi connectivity index (χ1n) is 8.57. The van der Waals surface area contributed by atoms with Crippen LogP contribution >= 0.6 is 12.2 Å². The van der Waals surface area contributed by atoms with Crippen LogP contribution in [0.5, 0.6) is 5.75 Å². The fourth-order valence-electron chi connectivity index (χ4n) is 2.94. The van der Waals surface area contributed by atoms with E-state index in [4.69, 9.17) is 21.7 Å². The number of rotatable bonds is 5. The average Bonchev–Trinajstić information content (AvgIpc) is 2.69. The van der Waals surface area contributed by atoms with Gasteiger partial charge in [0.1, 0.15) is 5.75 Å². The molecule has 3 rings (SSSR count). The van der Waals surface area contributed by atoms with Crippen molar-refractivity contribution in [2.45, 2.75) is 12.5 Å². The van der Waals surface area contributed by atoms with Crippen molar-refractivity contribution in [3.05, 3.63) is 65.7 Å². The molecule has 1 heterocycles. The maximum Gasteiger partial charge on any atom is 0.169 e. The fraction of sp³-hybridized carbons (Fsp3) is 0.350. The number of morpholine rings is 1. The summed E-state index contributed by atoms with van der Waals surface area (Å²) in [6.45, 7) is 3.15. The van der Waals surface area contributed by atoms with Crippen LogP contribution in [-0.4, -0.2) is 43.4 Å². The van der Waals surface area contributed by atoms with Crippen LogP contribution in [0, 0.1) is 0 Å². The molecule has 0 spiro atoms. The Morgan fingerprint density at radius 2 is 1.80 bits per heavy atom. The molecular weight excluding hydrogens is 332 g/mol. The molecule has 0 radical (unpaired) electrons. The summed E-state index contributed by atoms with van der Waals surface area (Å²) in [6, 6.07) is 18.8. The molecule has 1 aliphatic rings. The minimum atomic E-state index is 0.130. The van der Waals surface area contributed by atoms with Crippen LogP contribution in [0.3, 0.4) is 0 Å². The minimum absolute atomic E-state index is 0.130. The van der Waals surface area contributed by atoms with Gasteiger partial charge in [-0.1, -0.05) is 42.5 Å². The van der Waals surface area contributed by atoms with E-state index < -0.39 is 0 Å². The molecule has 1 unspecified atom stereocenters. The summed E-state index contributed by atoms with van der Waals surface area (Å²) in [5, 5.41) is 4.35. The maximum absolute atomic E-state index is 5.65. The van der Waals surface area contributed by atoms with Crippen molar-refractivity contribution in [2.24, 2.45) is 0 Å². The van der Waals surface area contributed by atoms with E-state index >= 15 is 0 Å². The Hall–Kier alpha value is -2.11. The lowest BCUT2D eigenvalue weighted by Crippen LogP contribution is -2.47. The van der Waals surface area contributed by atoms with Gasteiger partial charge >= 0.3 is 0 Å². The van der Waals surface area contributed by atoms with Gasteiger partial charge in [-0.3, -0.25) is 0 Å². The number of benzene rings is 2. The second-order valence-corrected chi connectivity index (χ2v) is 6.45. The third-order valence-electron chi connectivity index (χ3n) is 4.40. The molecule has 0 aromatic heterocycles. The van der Waals surface area contributed by atoms with E-state index in [2.05, 4.69) is 46.6 Å². The zero-order valence-corrected chi connectivity index (χ0v) is 15.3. The molecule has 2 aromatic carbocycles. The van der Waals surface area contributed by atoms with E-state index in [1.165, 1.54) is 11.1 Å². The van der Waals surface area contributed by atoms with Gasteiger partial charge in [0.15, 0.2) is 5.11 Å². The molecule has 25 heavy (non-hydrogen) atoms. The molecule has 4 nitrogen and oxygen atoms in total. The summed E-state index contributed by atoms with van der Waals surface area (Å²) in [6.07, 6.45) is 0.860. The number of thiocarbonyl (C=S) groups is 1. The van der Waals surface area contributed by atoms with Crippen LogP contribution in [0.15, 0.2) is 54.6 Å². The number of methoxy groups -OCH3 is 1. The van der Waals surface area contributed by atoms with Gasteiger partial charge < -0.3 is 19.7 Å². The smallest absolute Gasteiger partial charge is 0.169 e. The van der Waals surface area contributed by atoms with Crippen molar-refractivity contribution >= 4 is 17.3 Å². The van der Waals surface area contributed by atoms with E-state index in [0.29, 0.717) is 0 Å². The summed E-state index contributed by atoms with van der Waals surface area (Å²) >= 11 is 5.65. The predicted octanol–water partition coefficient (Wildman–Crippen LogP) is 3.19. The van der Waals surface area contributed by atoms with Gasteiger partial charge in [-0.05, 0) is 41.9 Å². The van der Waals surface area contributed by atoms with Crippen LogP contribution in [0.25, 0.3) is 0 Å². The summed E-state index contributed by atoms with van der Waals surface area (Å²) in [5.74, 6) is 0.872. The largest absolute Gasteiger partial charge is 0.497 e. The van der Waals surface area contributed by atoms with Gasteiger partial charge in [0, 0.05) is 13.1 Å². The highest BCUT2D eigenvalue weighted by Crippen LogP contribution is 2.21. The normalized spacial score (nSPS) is 15.5. The van der Waals surface area contributed by atoms with Gasteiger partial charge in [0.25, 0.3) is 0 Å². The lowest BCUT2D eigenvalue weighted by Gasteiger charge is -2.32. The Bertz CT molecular complexity index is 670. The zero-order chi connectivity index (χ0) is 17.5. The van der Waals surface area contributed by atoms with Crippen LogP contribution in [0.4, 0.5) is 0 Å². The Balaban J connectivity index is 1.73. The van der Waals surface area contributed by atoms with Crippen LogP contribution in [0.1, 0.15) is 17.2 Å². The van der Waals surface area contributed by atoms with E-state index in [-0.39, 0.29) is 6.04 Å². The SMILES string of the molecule is COc1ccc(CC(NC(=S)N2CCOCC2)c2ccccc2)cc1. The highest BCUT2D eigenvalue weighted by molar-refractivity contribution is 7.80. The maximum atomic E-state index is 5.65. The van der Waals surface area contributed by atoms with Gasteiger partial charge in [0.05, 0.1) is 26.4 Å². The summed E-state index contributed by atoms with van der Waals surface area (Å²) in [5.41, 5.74) is 2.47. The van der Waals surface area contributed by atoms with Crippen molar-refractivity contribution in [3.8, 4) is 5.75 Å². The van der Waals surface area contributed by atoms with Gasteiger partial charge in [-0.15, -0.1) is 0 Å². The van der Waals surface area contributed by atoms with Gasteiger partial charge in [-0.2, -0.15) is 0 Å². The Morgan fingerprint density at radius 1 is 1.12 bits per heavy atom. The molecule has 132 valence electrons. The van der Waals surface area contributed by atoms with Crippen molar-refractivity contribution in [3.63, 3.8) is 0 Å². The molecule has 5 heteroatoms. The van der Waals surface area contributed by atoms with Crippen molar-refractivity contribution < 1.29 is 9.47 Å². The number of hydrogen-bond donors (Lipinski definition) is 1. The Morgan fingerprint density at radius 3 is 2.44 bits per heavy atom. The first-order chi connectivity index (χ1) is 12.3. The lowest BCUT2D eigenvalue weighted by atomic mass is 9.99. The minimum Gasteiger partial charge on any atom is -0.497 e. The number of ether oxygens (including phenoxy) is 2. The highest BCUT2D eigenvalue weighted by atomic mass is 32.1. The second-order valence-electron chi connectivity index (χ2n) is 6.06. The third kappa shape index (κ3) is 4.94. The number of nitrogens with zero attached hydrogens (tertiary/aromatic N) is 1. The molecule has 0 saturated carbocycles. The van der Waals surface area contributed by atoms with E-state index in [1.54, 1.807) is 7.11 Å². The predicted molar refractivity (Wildman–Crippen MR) is 104 cm³/mol. The summed E-state index contributed by atoms with van der Waals surface area (Å²) in [7, 11) is 1.68. The average molecular weight is 356 g/mol. The number of hydrogen-bond acceptors (Lipinski definition) is 3. The molecule has 0 aliphatic carbocycles. The van der Waals surface area contributed by atoms with Gasteiger partial charge in [-0.25, -0.2) is 0 Å². The molecule has 2 aromatic rings. The van der Waals surface area contributed by atoms with E-state index in [9.17, 15) is 0 Å². The van der Waals surface area contributed by atoms with E-state index in [0.717, 1.165) is 43.6 Å². The first kappa shape index (κ1) is 17.7. The molecule has 0 amide bonds. The third-order valence-corrected chi connectivity index (χ3v) is 4.77. The molecule has 1 fully saturated rings. The summed E-state index contributed by atoms with van der Waals surface area (Å²) in [4.78, 5) is 2.18. The van der Waals surface area contributed by atoms with Crippen LogP contribution in [-0.2, 0) is 11.2 Å². The summed E-state index contributed by atoms with van der Waals surface area (Å²) < 4.78 is 10.7.